The number of fused-ring (bicyclic) bond motifs is 1. The summed E-state index contributed by atoms with van der Waals surface area (Å²) < 4.78 is 4.03. The van der Waals surface area contributed by atoms with E-state index in [-0.39, 0.29) is 17.0 Å². The van der Waals surface area contributed by atoms with Gasteiger partial charge in [0, 0.05) is 5.69 Å². The van der Waals surface area contributed by atoms with Gasteiger partial charge in [0.15, 0.2) is 5.52 Å². The smallest absolute Gasteiger partial charge is 0.278 e. The van der Waals surface area contributed by atoms with E-state index in [0.29, 0.717) is 27.8 Å². The number of hydrogen-bond donors (Lipinski definition) is 2. The fourth-order valence-electron chi connectivity index (χ4n) is 2.25. The van der Waals surface area contributed by atoms with Gasteiger partial charge in [0.1, 0.15) is 16.2 Å². The van der Waals surface area contributed by atoms with Crippen LogP contribution in [0, 0.1) is 6.92 Å². The van der Waals surface area contributed by atoms with Gasteiger partial charge in [-0.05, 0) is 42.1 Å². The Balaban J connectivity index is 1.90. The molecule has 1 amide bonds. The minimum Gasteiger partial charge on any atom is -0.321 e. The second-order valence-corrected chi connectivity index (χ2v) is 6.36. The van der Waals surface area contributed by atoms with Crippen LogP contribution < -0.4 is 10.9 Å². The van der Waals surface area contributed by atoms with Crippen molar-refractivity contribution in [3.8, 4) is 0 Å². The second kappa shape index (κ2) is 5.92. The van der Waals surface area contributed by atoms with Crippen LogP contribution in [0.3, 0.4) is 0 Å². The number of aromatic amines is 1. The van der Waals surface area contributed by atoms with E-state index in [0.717, 1.165) is 11.5 Å². The van der Waals surface area contributed by atoms with Gasteiger partial charge in [-0.3, -0.25) is 9.59 Å². The number of aromatic nitrogens is 3. The molecule has 2 aromatic heterocycles. The van der Waals surface area contributed by atoms with E-state index in [1.807, 2.05) is 24.3 Å². The van der Waals surface area contributed by atoms with E-state index in [1.165, 1.54) is 5.56 Å². The molecule has 0 aliphatic rings. The Kier molecular flexibility index (Phi) is 3.96. The van der Waals surface area contributed by atoms with Crippen molar-refractivity contribution in [2.75, 3.05) is 5.32 Å². The number of anilines is 1. The van der Waals surface area contributed by atoms with Crippen molar-refractivity contribution in [2.45, 2.75) is 26.7 Å². The van der Waals surface area contributed by atoms with Crippen molar-refractivity contribution >= 4 is 34.2 Å². The summed E-state index contributed by atoms with van der Waals surface area (Å²) in [7, 11) is 0. The zero-order valence-electron chi connectivity index (χ0n) is 13.0. The normalized spacial score (nSPS) is 11.1. The Bertz CT molecular complexity index is 925. The highest BCUT2D eigenvalue weighted by atomic mass is 32.1. The number of nitrogens with zero attached hydrogens (tertiary/aromatic N) is 2. The fraction of sp³-hybridized carbons (Fsp3) is 0.250. The van der Waals surface area contributed by atoms with Crippen molar-refractivity contribution < 1.29 is 4.79 Å². The van der Waals surface area contributed by atoms with Crippen LogP contribution in [0.15, 0.2) is 29.1 Å². The van der Waals surface area contributed by atoms with Crippen molar-refractivity contribution in [2.24, 2.45) is 0 Å². The summed E-state index contributed by atoms with van der Waals surface area (Å²) >= 11 is 0.977. The fourth-order valence-corrected chi connectivity index (χ4v) is 2.96. The lowest BCUT2D eigenvalue weighted by Crippen LogP contribution is -2.13. The van der Waals surface area contributed by atoms with Crippen LogP contribution >= 0.6 is 11.5 Å². The summed E-state index contributed by atoms with van der Waals surface area (Å²) in [4.78, 5) is 31.4. The first-order chi connectivity index (χ1) is 11.0. The first-order valence-corrected chi connectivity index (χ1v) is 8.00. The molecular formula is C16H16N4O2S. The molecule has 2 N–H and O–H groups in total. The number of aryl methyl sites for hydroxylation is 1. The molecule has 0 saturated carbocycles. The monoisotopic (exact) mass is 328 g/mol. The molecule has 0 aliphatic carbocycles. The van der Waals surface area contributed by atoms with Gasteiger partial charge in [-0.2, -0.15) is 4.37 Å². The predicted octanol–water partition coefficient (Wildman–Crippen LogP) is 3.06. The van der Waals surface area contributed by atoms with Crippen LogP contribution in [-0.2, 0) is 0 Å². The molecular weight excluding hydrogens is 312 g/mol. The first-order valence-electron chi connectivity index (χ1n) is 7.23. The van der Waals surface area contributed by atoms with Gasteiger partial charge in [-0.1, -0.05) is 26.0 Å². The molecule has 0 unspecified atom stereocenters. The standard InChI is InChI=1S/C16H16N4O2S/c1-8(2)10-4-6-11(7-5-10)19-16(22)14-12-13(20-23-14)15(21)18-9(3)17-12/h4-8H,1-3H3,(H,19,22)(H,17,18,21). The third-order valence-corrected chi connectivity index (χ3v) is 4.33. The molecule has 0 atom stereocenters. The lowest BCUT2D eigenvalue weighted by molar-refractivity contribution is 0.103. The van der Waals surface area contributed by atoms with Gasteiger partial charge in [-0.25, -0.2) is 4.98 Å². The SMILES string of the molecule is Cc1nc2c(C(=O)Nc3ccc(C(C)C)cc3)snc2c(=O)[nH]1. The van der Waals surface area contributed by atoms with Gasteiger partial charge in [0.05, 0.1) is 0 Å². The maximum Gasteiger partial charge on any atom is 0.278 e. The molecule has 0 fully saturated rings. The van der Waals surface area contributed by atoms with Crippen LogP contribution in [0.25, 0.3) is 11.0 Å². The summed E-state index contributed by atoms with van der Waals surface area (Å²) in [5.41, 5.74) is 2.11. The van der Waals surface area contributed by atoms with E-state index in [9.17, 15) is 9.59 Å². The van der Waals surface area contributed by atoms with Gasteiger partial charge in [0.2, 0.25) is 0 Å². The van der Waals surface area contributed by atoms with E-state index < -0.39 is 0 Å². The van der Waals surface area contributed by atoms with E-state index in [2.05, 4.69) is 33.5 Å². The van der Waals surface area contributed by atoms with Crippen molar-refractivity contribution in [3.05, 3.63) is 50.9 Å². The van der Waals surface area contributed by atoms with Crippen LogP contribution in [0.4, 0.5) is 5.69 Å². The first kappa shape index (κ1) is 15.4. The average molecular weight is 328 g/mol. The number of carbonyl (C=O) groups is 1. The minimum atomic E-state index is -0.330. The molecule has 0 bridgehead atoms. The maximum absolute atomic E-state index is 12.4. The molecule has 0 aliphatic heterocycles. The molecule has 23 heavy (non-hydrogen) atoms. The number of benzene rings is 1. The Labute approximate surface area is 136 Å². The summed E-state index contributed by atoms with van der Waals surface area (Å²) in [5.74, 6) is 0.578. The number of carbonyl (C=O) groups excluding carboxylic acids is 1. The summed E-state index contributed by atoms with van der Waals surface area (Å²) in [5, 5.41) is 2.82. The van der Waals surface area contributed by atoms with E-state index >= 15 is 0 Å². The minimum absolute atomic E-state index is 0.195. The molecule has 0 radical (unpaired) electrons. The quantitative estimate of drug-likeness (QED) is 0.773. The van der Waals surface area contributed by atoms with Crippen molar-refractivity contribution in [1.82, 2.24) is 14.3 Å². The maximum atomic E-state index is 12.4. The summed E-state index contributed by atoms with van der Waals surface area (Å²) in [6, 6.07) is 7.69. The second-order valence-electron chi connectivity index (χ2n) is 5.59. The lowest BCUT2D eigenvalue weighted by Gasteiger charge is -2.07. The molecule has 7 heteroatoms. The van der Waals surface area contributed by atoms with Crippen LogP contribution in [0.5, 0.6) is 0 Å². The topological polar surface area (TPSA) is 87.7 Å². The van der Waals surface area contributed by atoms with Crippen molar-refractivity contribution in [1.29, 1.82) is 0 Å². The third-order valence-electron chi connectivity index (χ3n) is 3.50. The molecule has 0 spiro atoms. The Morgan fingerprint density at radius 3 is 2.57 bits per heavy atom. The zero-order chi connectivity index (χ0) is 16.6. The molecule has 0 saturated heterocycles. The number of amides is 1. The highest BCUT2D eigenvalue weighted by Crippen LogP contribution is 2.21. The van der Waals surface area contributed by atoms with Gasteiger partial charge in [0.25, 0.3) is 11.5 Å². The van der Waals surface area contributed by atoms with Crippen LogP contribution in [0.2, 0.25) is 0 Å². The Morgan fingerprint density at radius 2 is 1.91 bits per heavy atom. The molecule has 1 aromatic carbocycles. The zero-order valence-corrected chi connectivity index (χ0v) is 13.8. The number of hydrogen-bond acceptors (Lipinski definition) is 5. The molecule has 3 rings (SSSR count). The number of rotatable bonds is 3. The molecule has 3 aromatic rings. The van der Waals surface area contributed by atoms with Gasteiger partial charge in [-0.15, -0.1) is 0 Å². The predicted molar refractivity (Wildman–Crippen MR) is 91.3 cm³/mol. The lowest BCUT2D eigenvalue weighted by atomic mass is 10.0. The van der Waals surface area contributed by atoms with Gasteiger partial charge >= 0.3 is 0 Å². The highest BCUT2D eigenvalue weighted by molar-refractivity contribution is 7.09. The molecule has 2 heterocycles. The Morgan fingerprint density at radius 1 is 1.22 bits per heavy atom. The molecule has 118 valence electrons. The largest absolute Gasteiger partial charge is 0.321 e. The summed E-state index contributed by atoms with van der Waals surface area (Å²) in [6.07, 6.45) is 0. The Hall–Kier alpha value is -2.54. The van der Waals surface area contributed by atoms with Crippen LogP contribution in [-0.4, -0.2) is 20.2 Å². The van der Waals surface area contributed by atoms with Gasteiger partial charge < -0.3 is 10.3 Å². The van der Waals surface area contributed by atoms with Crippen molar-refractivity contribution in [3.63, 3.8) is 0 Å². The van der Waals surface area contributed by atoms with Crippen LogP contribution in [0.1, 0.15) is 40.8 Å². The van der Waals surface area contributed by atoms with E-state index in [4.69, 9.17) is 0 Å². The highest BCUT2D eigenvalue weighted by Gasteiger charge is 2.18. The summed E-state index contributed by atoms with van der Waals surface area (Å²) in [6.45, 7) is 5.90. The number of nitrogens with one attached hydrogen (secondary N) is 2. The molecule has 6 nitrogen and oxygen atoms in total. The average Bonchev–Trinajstić information content (AvgIpc) is 2.91. The van der Waals surface area contributed by atoms with E-state index in [1.54, 1.807) is 6.92 Å². The number of H-pyrrole nitrogens is 1. The third kappa shape index (κ3) is 3.00.